The van der Waals surface area contributed by atoms with E-state index in [-0.39, 0.29) is 0 Å². The van der Waals surface area contributed by atoms with Gasteiger partial charge in [-0.25, -0.2) is 0 Å². The summed E-state index contributed by atoms with van der Waals surface area (Å²) in [5, 5.41) is 5.07. The number of para-hydroxylation sites is 2. The van der Waals surface area contributed by atoms with Crippen molar-refractivity contribution in [1.82, 2.24) is 0 Å². The van der Waals surface area contributed by atoms with Gasteiger partial charge in [-0.15, -0.1) is 0 Å². The maximum Gasteiger partial charge on any atom is 0.0468 e. The molecule has 2 nitrogen and oxygen atoms in total. The van der Waals surface area contributed by atoms with E-state index in [9.17, 15) is 0 Å². The van der Waals surface area contributed by atoms with E-state index in [1.165, 1.54) is 54.9 Å². The van der Waals surface area contributed by atoms with Gasteiger partial charge in [0.15, 0.2) is 0 Å². The summed E-state index contributed by atoms with van der Waals surface area (Å²) in [4.78, 5) is 4.74. The molecular formula is C52H40N2. The number of rotatable bonds is 8. The first-order chi connectivity index (χ1) is 26.6. The molecule has 0 N–H and O–H groups in total. The van der Waals surface area contributed by atoms with Crippen molar-refractivity contribution in [2.75, 3.05) is 9.80 Å². The van der Waals surface area contributed by atoms with Crippen LogP contribution < -0.4 is 9.80 Å². The molecule has 0 aliphatic rings. The van der Waals surface area contributed by atoms with Gasteiger partial charge in [0.2, 0.25) is 0 Å². The van der Waals surface area contributed by atoms with E-state index in [0.29, 0.717) is 0 Å². The Labute approximate surface area is 317 Å². The zero-order chi connectivity index (χ0) is 36.4. The van der Waals surface area contributed by atoms with Gasteiger partial charge in [0.25, 0.3) is 0 Å². The average molecular weight is 693 g/mol. The highest BCUT2D eigenvalue weighted by atomic mass is 15.1. The van der Waals surface area contributed by atoms with Crippen LogP contribution in [-0.4, -0.2) is 0 Å². The second-order valence-electron chi connectivity index (χ2n) is 13.9. The molecule has 0 spiro atoms. The normalized spacial score (nSPS) is 11.1. The Kier molecular flexibility index (Phi) is 8.70. The Hall–Kier alpha value is -6.90. The zero-order valence-electron chi connectivity index (χ0n) is 30.5. The lowest BCUT2D eigenvalue weighted by atomic mass is 9.92. The Morgan fingerprint density at radius 2 is 0.556 bits per heavy atom. The fraction of sp³-hybridized carbons (Fsp3) is 0.0385. The number of hydrogen-bond donors (Lipinski definition) is 0. The first-order valence-corrected chi connectivity index (χ1v) is 18.6. The summed E-state index contributed by atoms with van der Waals surface area (Å²) in [6.45, 7) is 4.55. The highest BCUT2D eigenvalue weighted by Gasteiger charge is 2.19. The van der Waals surface area contributed by atoms with Crippen LogP contribution in [0, 0.1) is 13.8 Å². The molecule has 0 aromatic heterocycles. The zero-order valence-corrected chi connectivity index (χ0v) is 30.5. The minimum absolute atomic E-state index is 1.12. The lowest BCUT2D eigenvalue weighted by Crippen LogP contribution is -2.10. The second kappa shape index (κ2) is 14.3. The molecular weight excluding hydrogens is 653 g/mol. The van der Waals surface area contributed by atoms with Gasteiger partial charge in [-0.3, -0.25) is 0 Å². The average Bonchev–Trinajstić information content (AvgIpc) is 3.25. The molecule has 9 rings (SSSR count). The lowest BCUT2D eigenvalue weighted by molar-refractivity contribution is 1.28. The van der Waals surface area contributed by atoms with Gasteiger partial charge >= 0.3 is 0 Å². The summed E-state index contributed by atoms with van der Waals surface area (Å²) in [5.74, 6) is 0. The minimum atomic E-state index is 1.12. The van der Waals surface area contributed by atoms with Gasteiger partial charge in [0.1, 0.15) is 0 Å². The predicted molar refractivity (Wildman–Crippen MR) is 231 cm³/mol. The van der Waals surface area contributed by atoms with Crippen LogP contribution in [0.1, 0.15) is 11.1 Å². The first kappa shape index (κ1) is 33.0. The van der Waals surface area contributed by atoms with Crippen molar-refractivity contribution in [3.63, 3.8) is 0 Å². The van der Waals surface area contributed by atoms with Crippen LogP contribution in [0.15, 0.2) is 206 Å². The molecule has 54 heavy (non-hydrogen) atoms. The highest BCUT2D eigenvalue weighted by molar-refractivity contribution is 6.08. The van der Waals surface area contributed by atoms with Crippen molar-refractivity contribution in [1.29, 1.82) is 0 Å². The van der Waals surface area contributed by atoms with E-state index in [1.54, 1.807) is 0 Å². The van der Waals surface area contributed by atoms with Crippen molar-refractivity contribution in [3.05, 3.63) is 217 Å². The van der Waals surface area contributed by atoms with E-state index < -0.39 is 0 Å². The van der Waals surface area contributed by atoms with Gasteiger partial charge in [0, 0.05) is 34.1 Å². The number of benzene rings is 9. The van der Waals surface area contributed by atoms with Crippen molar-refractivity contribution in [2.45, 2.75) is 13.8 Å². The maximum atomic E-state index is 2.37. The van der Waals surface area contributed by atoms with Crippen molar-refractivity contribution in [2.24, 2.45) is 0 Å². The fourth-order valence-electron chi connectivity index (χ4n) is 7.87. The summed E-state index contributed by atoms with van der Waals surface area (Å²) < 4.78 is 0. The minimum Gasteiger partial charge on any atom is -0.310 e. The van der Waals surface area contributed by atoms with Crippen LogP contribution in [-0.2, 0) is 0 Å². The Bertz CT molecular complexity index is 2530. The molecule has 0 bridgehead atoms. The standard InChI is InChI=1S/C52H40N2/c1-37-49-31-29-48(54(44-25-13-6-14-26-44)46-28-16-22-42(34-46)40-19-9-4-10-20-40)36-52(49)38(2)50-32-30-47(35-51(37)50)53(43-23-11-5-12-24-43)45-27-15-21-41(33-45)39-17-7-3-8-18-39/h3-36H,1-2H3. The topological polar surface area (TPSA) is 6.48 Å². The molecule has 0 amide bonds. The quantitative estimate of drug-likeness (QED) is 0.146. The smallest absolute Gasteiger partial charge is 0.0468 e. The van der Waals surface area contributed by atoms with Gasteiger partial charge in [-0.2, -0.15) is 0 Å². The van der Waals surface area contributed by atoms with E-state index in [2.05, 4.69) is 230 Å². The molecule has 0 atom stereocenters. The van der Waals surface area contributed by atoms with Gasteiger partial charge in [-0.1, -0.05) is 133 Å². The fourth-order valence-corrected chi connectivity index (χ4v) is 7.87. The molecule has 0 saturated heterocycles. The number of nitrogens with zero attached hydrogens (tertiary/aromatic N) is 2. The molecule has 0 saturated carbocycles. The third-order valence-corrected chi connectivity index (χ3v) is 10.6. The van der Waals surface area contributed by atoms with E-state index in [1.807, 2.05) is 0 Å². The summed E-state index contributed by atoms with van der Waals surface area (Å²) >= 11 is 0. The molecule has 258 valence electrons. The van der Waals surface area contributed by atoms with E-state index >= 15 is 0 Å². The number of anilines is 6. The predicted octanol–water partition coefficient (Wildman–Crippen LogP) is 14.9. The number of fused-ring (bicyclic) bond motifs is 2. The SMILES string of the molecule is Cc1c2ccc(N(c3ccccc3)c3cccc(-c4ccccc4)c3)cc2c(C)c2ccc(N(c3ccccc3)c3cccc(-c4ccccc4)c3)cc12. The molecule has 0 aliphatic heterocycles. The van der Waals surface area contributed by atoms with Crippen LogP contribution in [0.3, 0.4) is 0 Å². The summed E-state index contributed by atoms with van der Waals surface area (Å²) in [7, 11) is 0. The van der Waals surface area contributed by atoms with Crippen molar-refractivity contribution < 1.29 is 0 Å². The monoisotopic (exact) mass is 692 g/mol. The molecule has 0 fully saturated rings. The largest absolute Gasteiger partial charge is 0.310 e. The van der Waals surface area contributed by atoms with Crippen LogP contribution in [0.5, 0.6) is 0 Å². The highest BCUT2D eigenvalue weighted by Crippen LogP contribution is 2.43. The third kappa shape index (κ3) is 6.18. The van der Waals surface area contributed by atoms with Crippen LogP contribution in [0.2, 0.25) is 0 Å². The molecule has 0 radical (unpaired) electrons. The van der Waals surface area contributed by atoms with Gasteiger partial charge < -0.3 is 9.80 Å². The molecule has 2 heteroatoms. The van der Waals surface area contributed by atoms with Gasteiger partial charge in [-0.05, 0) is 142 Å². The molecule has 0 unspecified atom stereocenters. The Morgan fingerprint density at radius 3 is 0.944 bits per heavy atom. The first-order valence-electron chi connectivity index (χ1n) is 18.6. The Balaban J connectivity index is 1.17. The van der Waals surface area contributed by atoms with Crippen molar-refractivity contribution >= 4 is 55.7 Å². The van der Waals surface area contributed by atoms with Crippen LogP contribution in [0.25, 0.3) is 43.8 Å². The van der Waals surface area contributed by atoms with Crippen molar-refractivity contribution in [3.8, 4) is 22.3 Å². The van der Waals surface area contributed by atoms with Crippen LogP contribution in [0.4, 0.5) is 34.1 Å². The number of hydrogen-bond acceptors (Lipinski definition) is 2. The van der Waals surface area contributed by atoms with E-state index in [4.69, 9.17) is 0 Å². The summed E-state index contributed by atoms with van der Waals surface area (Å²) in [5.41, 5.74) is 14.1. The Morgan fingerprint density at radius 1 is 0.241 bits per heavy atom. The maximum absolute atomic E-state index is 2.37. The lowest BCUT2D eigenvalue weighted by Gasteiger charge is -2.28. The summed E-state index contributed by atoms with van der Waals surface area (Å²) in [6, 6.07) is 74.2. The van der Waals surface area contributed by atoms with Gasteiger partial charge in [0.05, 0.1) is 0 Å². The molecule has 9 aromatic carbocycles. The second-order valence-corrected chi connectivity index (χ2v) is 13.9. The number of aryl methyl sites for hydroxylation is 2. The van der Waals surface area contributed by atoms with E-state index in [0.717, 1.165) is 34.1 Å². The van der Waals surface area contributed by atoms with Crippen LogP contribution >= 0.6 is 0 Å². The summed E-state index contributed by atoms with van der Waals surface area (Å²) in [6.07, 6.45) is 0. The molecule has 9 aromatic rings. The third-order valence-electron chi connectivity index (χ3n) is 10.6. The molecule has 0 heterocycles. The molecule has 0 aliphatic carbocycles.